The number of allylic oxidation sites excluding steroid dienone is 2. The van der Waals surface area contributed by atoms with Gasteiger partial charge in [-0.15, -0.1) is 0 Å². The highest BCUT2D eigenvalue weighted by Gasteiger charge is 1.59. The summed E-state index contributed by atoms with van der Waals surface area (Å²) in [5.74, 6) is 0. The van der Waals surface area contributed by atoms with E-state index in [1.807, 2.05) is 6.92 Å². The van der Waals surface area contributed by atoms with E-state index in [1.54, 1.807) is 6.08 Å². The smallest absolute Gasteiger partial charge is 0.0829 e. The molecule has 1 nitrogen and oxygen atoms in total. The normalized spacial score (nSPS) is 6.10. The van der Waals surface area contributed by atoms with E-state index in [1.165, 1.54) is 12.5 Å². The van der Waals surface area contributed by atoms with Crippen LogP contribution in [0.25, 0.3) is 0 Å². The van der Waals surface area contributed by atoms with Crippen molar-refractivity contribution in [2.75, 3.05) is 0 Å². The first-order valence-corrected chi connectivity index (χ1v) is 2.84. The predicted octanol–water partition coefficient (Wildman–Crippen LogP) is 3.04. The number of hydrogen-bond acceptors (Lipinski definition) is 1. The van der Waals surface area contributed by atoms with Crippen LogP contribution in [0.15, 0.2) is 50.5 Å². The molecule has 0 aliphatic heterocycles. The molecule has 0 unspecified atom stereocenters. The molecule has 0 aliphatic carbocycles. The van der Waals surface area contributed by atoms with Crippen LogP contribution in [0.2, 0.25) is 0 Å². The number of ether oxygens (including phenoxy) is 1. The molecule has 0 heterocycles. The van der Waals surface area contributed by atoms with Crippen molar-refractivity contribution in [1.82, 2.24) is 0 Å². The fourth-order valence-electron chi connectivity index (χ4n) is 0.0680. The molecule has 0 saturated heterocycles. The summed E-state index contributed by atoms with van der Waals surface area (Å²) in [5.41, 5.74) is 1.02. The van der Waals surface area contributed by atoms with Crippen molar-refractivity contribution >= 4 is 0 Å². The maximum absolute atomic E-state index is 4.36. The van der Waals surface area contributed by atoms with Gasteiger partial charge in [0.1, 0.15) is 0 Å². The summed E-state index contributed by atoms with van der Waals surface area (Å²) >= 11 is 0. The molecule has 0 aromatic carbocycles. The molecule has 1 heteroatoms. The summed E-state index contributed by atoms with van der Waals surface area (Å²) < 4.78 is 4.36. The second-order valence-electron chi connectivity index (χ2n) is 1.52. The van der Waals surface area contributed by atoms with Crippen molar-refractivity contribution in [2.24, 2.45) is 0 Å². The Balaban J connectivity index is 0. The molecule has 0 fully saturated rings. The Kier molecular flexibility index (Phi) is 12.3. The van der Waals surface area contributed by atoms with Crippen LogP contribution in [0, 0.1) is 0 Å². The van der Waals surface area contributed by atoms with Gasteiger partial charge in [-0.25, -0.2) is 0 Å². The molecule has 0 saturated carbocycles. The molecule has 0 N–H and O–H groups in total. The molecule has 10 heavy (non-hydrogen) atoms. The van der Waals surface area contributed by atoms with Crippen molar-refractivity contribution in [3.05, 3.63) is 50.5 Å². The third kappa shape index (κ3) is 29.4. The fraction of sp³-hybridized carbons (Fsp3) is 0.111. The summed E-state index contributed by atoms with van der Waals surface area (Å²) in [6, 6.07) is 0. The maximum Gasteiger partial charge on any atom is 0.0829 e. The number of hydrogen-bond donors (Lipinski definition) is 0. The van der Waals surface area contributed by atoms with Crippen molar-refractivity contribution in [2.45, 2.75) is 6.92 Å². The van der Waals surface area contributed by atoms with Crippen molar-refractivity contribution in [1.29, 1.82) is 0 Å². The molecule has 0 radical (unpaired) electrons. The zero-order valence-corrected chi connectivity index (χ0v) is 6.47. The van der Waals surface area contributed by atoms with E-state index >= 15 is 0 Å². The minimum atomic E-state index is 1.02. The Morgan fingerprint density at radius 1 is 1.20 bits per heavy atom. The fourth-order valence-corrected chi connectivity index (χ4v) is 0.0680. The van der Waals surface area contributed by atoms with Gasteiger partial charge in [0.25, 0.3) is 0 Å². The van der Waals surface area contributed by atoms with Gasteiger partial charge in [0.05, 0.1) is 12.5 Å². The second-order valence-corrected chi connectivity index (χ2v) is 1.52. The van der Waals surface area contributed by atoms with Crippen molar-refractivity contribution in [3.8, 4) is 0 Å². The lowest BCUT2D eigenvalue weighted by atomic mass is 10.4. The second kappa shape index (κ2) is 10.7. The van der Waals surface area contributed by atoms with Crippen LogP contribution >= 0.6 is 0 Å². The molecule has 0 atom stereocenters. The van der Waals surface area contributed by atoms with Crippen LogP contribution in [-0.2, 0) is 4.74 Å². The Hall–Kier alpha value is -1.24. The Morgan fingerprint density at radius 3 is 1.50 bits per heavy atom. The van der Waals surface area contributed by atoms with Crippen LogP contribution in [0.4, 0.5) is 0 Å². The molecular weight excluding hydrogens is 124 g/mol. The third-order valence-corrected chi connectivity index (χ3v) is 0.541. The molecule has 0 spiro atoms. The van der Waals surface area contributed by atoms with Gasteiger partial charge in [0, 0.05) is 0 Å². The van der Waals surface area contributed by atoms with E-state index in [4.69, 9.17) is 0 Å². The molecule has 0 aliphatic rings. The molecule has 0 rings (SSSR count). The lowest BCUT2D eigenvalue weighted by molar-refractivity contribution is 0.406. The maximum atomic E-state index is 4.36. The highest BCUT2D eigenvalue weighted by molar-refractivity contribution is 5.05. The van der Waals surface area contributed by atoms with Crippen molar-refractivity contribution < 1.29 is 4.74 Å². The Bertz CT molecular complexity index is 117. The summed E-state index contributed by atoms with van der Waals surface area (Å²) in [4.78, 5) is 0. The van der Waals surface area contributed by atoms with E-state index in [2.05, 4.69) is 31.1 Å². The van der Waals surface area contributed by atoms with Crippen molar-refractivity contribution in [3.63, 3.8) is 0 Å². The van der Waals surface area contributed by atoms with E-state index in [9.17, 15) is 0 Å². The standard InChI is InChI=1S/C5H8.C4H6O/c1-4-5(2)3;1-3-5-4-2/h4H,1-2H2,3H3;3-4H,1-2H2. The Labute approximate surface area is 63.0 Å². The van der Waals surface area contributed by atoms with Crippen LogP contribution in [0.1, 0.15) is 6.92 Å². The minimum Gasteiger partial charge on any atom is -0.474 e. The van der Waals surface area contributed by atoms with Crippen LogP contribution in [-0.4, -0.2) is 0 Å². The zero-order chi connectivity index (χ0) is 8.41. The summed E-state index contributed by atoms with van der Waals surface area (Å²) in [7, 11) is 0. The molecular formula is C9H14O. The highest BCUT2D eigenvalue weighted by Crippen LogP contribution is 1.81. The summed E-state index contributed by atoms with van der Waals surface area (Å²) in [5, 5.41) is 0. The van der Waals surface area contributed by atoms with Gasteiger partial charge in [-0.1, -0.05) is 38.0 Å². The van der Waals surface area contributed by atoms with E-state index in [-0.39, 0.29) is 0 Å². The average Bonchev–Trinajstić information content (AvgIpc) is 1.91. The third-order valence-electron chi connectivity index (χ3n) is 0.541. The number of rotatable bonds is 3. The topological polar surface area (TPSA) is 9.23 Å². The zero-order valence-electron chi connectivity index (χ0n) is 6.47. The molecule has 0 aromatic heterocycles. The highest BCUT2D eigenvalue weighted by atomic mass is 16.5. The summed E-state index contributed by atoms with van der Waals surface area (Å²) in [6.07, 6.45) is 4.35. The van der Waals surface area contributed by atoms with Gasteiger partial charge < -0.3 is 4.74 Å². The van der Waals surface area contributed by atoms with E-state index in [0.717, 1.165) is 5.57 Å². The van der Waals surface area contributed by atoms with Gasteiger partial charge in [-0.05, 0) is 6.92 Å². The molecule has 0 aromatic rings. The SMILES string of the molecule is C=CC(=C)C.C=COC=C. The minimum absolute atomic E-state index is 1.02. The Morgan fingerprint density at radius 2 is 1.50 bits per heavy atom. The van der Waals surface area contributed by atoms with E-state index in [0.29, 0.717) is 0 Å². The van der Waals surface area contributed by atoms with E-state index < -0.39 is 0 Å². The first-order valence-electron chi connectivity index (χ1n) is 2.84. The van der Waals surface area contributed by atoms with Crippen LogP contribution in [0.3, 0.4) is 0 Å². The van der Waals surface area contributed by atoms with Crippen LogP contribution < -0.4 is 0 Å². The van der Waals surface area contributed by atoms with Gasteiger partial charge >= 0.3 is 0 Å². The summed E-state index contributed by atoms with van der Waals surface area (Å²) in [6.45, 7) is 15.4. The quantitative estimate of drug-likeness (QED) is 0.430. The lowest BCUT2D eigenvalue weighted by Crippen LogP contribution is -1.52. The predicted molar refractivity (Wildman–Crippen MR) is 46.5 cm³/mol. The van der Waals surface area contributed by atoms with Gasteiger partial charge in [0.2, 0.25) is 0 Å². The lowest BCUT2D eigenvalue weighted by Gasteiger charge is -1.76. The molecule has 0 amide bonds. The molecule has 0 bridgehead atoms. The van der Waals surface area contributed by atoms with Gasteiger partial charge in [0.15, 0.2) is 0 Å². The largest absolute Gasteiger partial charge is 0.474 e. The first kappa shape index (κ1) is 11.5. The first-order chi connectivity index (χ1) is 4.68. The van der Waals surface area contributed by atoms with Gasteiger partial charge in [-0.2, -0.15) is 0 Å². The average molecular weight is 138 g/mol. The van der Waals surface area contributed by atoms with Gasteiger partial charge in [-0.3, -0.25) is 0 Å². The monoisotopic (exact) mass is 138 g/mol. The van der Waals surface area contributed by atoms with Crippen LogP contribution in [0.5, 0.6) is 0 Å². The molecule has 56 valence electrons.